The van der Waals surface area contributed by atoms with Crippen LogP contribution in [0.25, 0.3) is 0 Å². The van der Waals surface area contributed by atoms with Gasteiger partial charge in [0, 0.05) is 16.7 Å². The summed E-state index contributed by atoms with van der Waals surface area (Å²) in [5.74, 6) is -6.24. The van der Waals surface area contributed by atoms with Crippen molar-refractivity contribution in [2.24, 2.45) is 5.41 Å². The minimum atomic E-state index is -2.28. The molecule has 0 unspecified atom stereocenters. The predicted octanol–water partition coefficient (Wildman–Crippen LogP) is 3.58. The Bertz CT molecular complexity index is 1540. The first-order valence-corrected chi connectivity index (χ1v) is 13.5. The zero-order valence-electron chi connectivity index (χ0n) is 24.8. The van der Waals surface area contributed by atoms with E-state index in [2.05, 4.69) is 10.7 Å². The van der Waals surface area contributed by atoms with Gasteiger partial charge in [0.05, 0.1) is 11.1 Å². The van der Waals surface area contributed by atoms with E-state index in [9.17, 15) is 33.9 Å². The van der Waals surface area contributed by atoms with Crippen LogP contribution in [0.1, 0.15) is 63.0 Å². The monoisotopic (exact) mass is 603 g/mol. The maximum atomic E-state index is 13.2. The Morgan fingerprint density at radius 1 is 0.636 bits per heavy atom. The summed E-state index contributed by atoms with van der Waals surface area (Å²) in [5, 5.41) is 12.6. The van der Waals surface area contributed by atoms with Crippen LogP contribution in [0.3, 0.4) is 0 Å². The number of carboxylic acids is 1. The fraction of sp³-hybridized carbons (Fsp3) is 0.250. The molecule has 3 aromatic carbocycles. The fourth-order valence-electron chi connectivity index (χ4n) is 3.53. The molecular formula is C32H33N3O9. The van der Waals surface area contributed by atoms with E-state index >= 15 is 0 Å². The molecule has 0 aliphatic carbocycles. The van der Waals surface area contributed by atoms with Crippen molar-refractivity contribution in [1.29, 1.82) is 0 Å². The van der Waals surface area contributed by atoms with Crippen LogP contribution in [-0.2, 0) is 23.9 Å². The molecule has 3 aromatic rings. The molecule has 0 bridgehead atoms. The number of carbonyl (C=O) groups excluding carboxylic acids is 5. The normalized spacial score (nSPS) is 12.2. The lowest BCUT2D eigenvalue weighted by Crippen LogP contribution is -2.54. The van der Waals surface area contributed by atoms with E-state index in [0.29, 0.717) is 5.69 Å². The molecule has 3 rings (SSSR count). The number of anilines is 1. The molecule has 12 heteroatoms. The van der Waals surface area contributed by atoms with Gasteiger partial charge in [0.2, 0.25) is 18.1 Å². The average Bonchev–Trinajstić information content (AvgIpc) is 2.97. The first kappa shape index (κ1) is 33.0. The quantitative estimate of drug-likeness (QED) is 0.210. The van der Waals surface area contributed by atoms with E-state index in [1.54, 1.807) is 58.9 Å². The Labute approximate surface area is 253 Å². The minimum absolute atomic E-state index is 0.00121. The van der Waals surface area contributed by atoms with Gasteiger partial charge >= 0.3 is 17.9 Å². The van der Waals surface area contributed by atoms with Crippen LogP contribution < -0.4 is 16.2 Å². The van der Waals surface area contributed by atoms with E-state index in [4.69, 9.17) is 9.47 Å². The molecule has 4 N–H and O–H groups in total. The van der Waals surface area contributed by atoms with Gasteiger partial charge in [-0.1, -0.05) is 56.2 Å². The molecular weight excluding hydrogens is 570 g/mol. The standard InChI is InChI=1S/C32H33N3O9/c1-18-6-10-21(11-7-18)29(40)43-24(25(28(38)39)44-30(41)22-12-8-19(2)9-13-22)27(37)35-34-26(36)20-14-16-23(17-15-20)33-31(42)32(3,4)5/h6-17,24-25H,1-5H3,(H,33,42)(H,34,36)(H,35,37)(H,38,39)/t24-,25+/m1/s1. The Balaban J connectivity index is 1.79. The van der Waals surface area contributed by atoms with Crippen LogP contribution in [0.15, 0.2) is 72.8 Å². The second-order valence-electron chi connectivity index (χ2n) is 10.9. The lowest BCUT2D eigenvalue weighted by molar-refractivity contribution is -0.159. The van der Waals surface area contributed by atoms with Crippen LogP contribution in [0.5, 0.6) is 0 Å². The number of aliphatic carboxylic acids is 1. The van der Waals surface area contributed by atoms with Gasteiger partial charge in [0.15, 0.2) is 0 Å². The summed E-state index contributed by atoms with van der Waals surface area (Å²) in [6.07, 6.45) is -4.48. The number of hydrogen-bond donors (Lipinski definition) is 4. The number of hydrazine groups is 1. The number of ether oxygens (including phenoxy) is 2. The minimum Gasteiger partial charge on any atom is -0.478 e. The number of carboxylic acid groups (broad SMARTS) is 1. The highest BCUT2D eigenvalue weighted by Gasteiger charge is 2.41. The van der Waals surface area contributed by atoms with E-state index < -0.39 is 47.3 Å². The van der Waals surface area contributed by atoms with Gasteiger partial charge in [0.1, 0.15) is 0 Å². The number of aryl methyl sites for hydroxylation is 2. The smallest absolute Gasteiger partial charge is 0.349 e. The molecule has 3 amide bonds. The summed E-state index contributed by atoms with van der Waals surface area (Å²) in [7, 11) is 0. The van der Waals surface area contributed by atoms with E-state index in [-0.39, 0.29) is 22.6 Å². The molecule has 12 nitrogen and oxygen atoms in total. The van der Waals surface area contributed by atoms with Crippen molar-refractivity contribution in [3.8, 4) is 0 Å². The highest BCUT2D eigenvalue weighted by atomic mass is 16.6. The third kappa shape index (κ3) is 8.99. The van der Waals surface area contributed by atoms with Crippen molar-refractivity contribution in [2.45, 2.75) is 46.8 Å². The number of carbonyl (C=O) groups is 6. The second kappa shape index (κ2) is 14.1. The summed E-state index contributed by atoms with van der Waals surface area (Å²) in [4.78, 5) is 75.9. The van der Waals surface area contributed by atoms with Crippen LogP contribution in [0.2, 0.25) is 0 Å². The van der Waals surface area contributed by atoms with Gasteiger partial charge in [-0.15, -0.1) is 0 Å². The number of benzene rings is 3. The maximum absolute atomic E-state index is 13.2. The number of hydrogen-bond acceptors (Lipinski definition) is 8. The summed E-state index contributed by atoms with van der Waals surface area (Å²) >= 11 is 0. The lowest BCUT2D eigenvalue weighted by atomic mass is 9.95. The molecule has 0 saturated heterocycles. The van der Waals surface area contributed by atoms with Crippen molar-refractivity contribution < 1.29 is 43.3 Å². The van der Waals surface area contributed by atoms with Crippen molar-refractivity contribution in [3.63, 3.8) is 0 Å². The van der Waals surface area contributed by atoms with Gasteiger partial charge in [-0.05, 0) is 62.4 Å². The topological polar surface area (TPSA) is 177 Å². The fourth-order valence-corrected chi connectivity index (χ4v) is 3.53. The van der Waals surface area contributed by atoms with E-state index in [1.165, 1.54) is 48.5 Å². The highest BCUT2D eigenvalue weighted by Crippen LogP contribution is 2.18. The number of amides is 3. The molecule has 0 aromatic heterocycles. The van der Waals surface area contributed by atoms with E-state index in [0.717, 1.165) is 11.1 Å². The Morgan fingerprint density at radius 3 is 1.50 bits per heavy atom. The molecule has 0 saturated carbocycles. The summed E-state index contributed by atoms with van der Waals surface area (Å²) in [6.45, 7) is 8.81. The second-order valence-corrected chi connectivity index (χ2v) is 10.9. The van der Waals surface area contributed by atoms with Crippen molar-refractivity contribution in [1.82, 2.24) is 10.9 Å². The predicted molar refractivity (Wildman–Crippen MR) is 159 cm³/mol. The molecule has 2 atom stereocenters. The summed E-state index contributed by atoms with van der Waals surface area (Å²) in [6, 6.07) is 17.8. The van der Waals surface area contributed by atoms with Crippen LogP contribution in [0, 0.1) is 19.3 Å². The molecule has 44 heavy (non-hydrogen) atoms. The van der Waals surface area contributed by atoms with Gasteiger partial charge in [0.25, 0.3) is 11.8 Å². The zero-order valence-corrected chi connectivity index (χ0v) is 24.8. The first-order chi connectivity index (χ1) is 20.6. The summed E-state index contributed by atoms with van der Waals surface area (Å²) in [5.41, 5.74) is 5.70. The van der Waals surface area contributed by atoms with Crippen molar-refractivity contribution >= 4 is 41.3 Å². The first-order valence-electron chi connectivity index (χ1n) is 13.5. The number of nitrogens with one attached hydrogen (secondary N) is 3. The van der Waals surface area contributed by atoms with Crippen LogP contribution in [0.4, 0.5) is 5.69 Å². The van der Waals surface area contributed by atoms with Gasteiger partial charge in [-0.3, -0.25) is 25.2 Å². The van der Waals surface area contributed by atoms with Crippen molar-refractivity contribution in [2.75, 3.05) is 5.32 Å². The van der Waals surface area contributed by atoms with Gasteiger partial charge in [-0.2, -0.15) is 0 Å². The maximum Gasteiger partial charge on any atom is 0.349 e. The molecule has 0 radical (unpaired) electrons. The molecule has 0 fully saturated rings. The Kier molecular flexibility index (Phi) is 10.6. The number of esters is 2. The average molecular weight is 604 g/mol. The molecule has 0 heterocycles. The molecule has 0 spiro atoms. The van der Waals surface area contributed by atoms with E-state index in [1.807, 2.05) is 5.43 Å². The number of rotatable bonds is 9. The third-order valence-corrected chi connectivity index (χ3v) is 6.20. The molecule has 0 aliphatic rings. The largest absolute Gasteiger partial charge is 0.478 e. The SMILES string of the molecule is Cc1ccc(C(=O)O[C@H](C(=O)O)[C@@H](OC(=O)c2ccc(C)cc2)C(=O)NNC(=O)c2ccc(NC(=O)C(C)(C)C)cc2)cc1. The Hall–Kier alpha value is -5.52. The molecule has 230 valence electrons. The Morgan fingerprint density at radius 2 is 1.07 bits per heavy atom. The molecule has 0 aliphatic heterocycles. The lowest BCUT2D eigenvalue weighted by Gasteiger charge is -2.23. The van der Waals surface area contributed by atoms with Gasteiger partial charge < -0.3 is 19.9 Å². The van der Waals surface area contributed by atoms with Gasteiger partial charge in [-0.25, -0.2) is 14.4 Å². The van der Waals surface area contributed by atoms with Crippen molar-refractivity contribution in [3.05, 3.63) is 101 Å². The van der Waals surface area contributed by atoms with Crippen LogP contribution in [-0.4, -0.2) is 52.9 Å². The van der Waals surface area contributed by atoms with Crippen LogP contribution >= 0.6 is 0 Å². The highest BCUT2D eigenvalue weighted by molar-refractivity contribution is 6.00. The summed E-state index contributed by atoms with van der Waals surface area (Å²) < 4.78 is 10.3. The zero-order chi connectivity index (χ0) is 32.6. The third-order valence-electron chi connectivity index (χ3n) is 6.20.